The Bertz CT molecular complexity index is 547. The predicted molar refractivity (Wildman–Crippen MR) is 63.4 cm³/mol. The van der Waals surface area contributed by atoms with E-state index in [1.807, 2.05) is 0 Å². The van der Waals surface area contributed by atoms with E-state index in [0.717, 1.165) is 6.07 Å². The number of hydrogen-bond acceptors (Lipinski definition) is 1. The molecule has 0 spiro atoms. The Balaban J connectivity index is 2.57. The van der Waals surface area contributed by atoms with Crippen LogP contribution < -0.4 is 4.74 Å². The van der Waals surface area contributed by atoms with Gasteiger partial charge in [0, 0.05) is 0 Å². The first-order valence-electron chi connectivity index (χ1n) is 5.33. The van der Waals surface area contributed by atoms with E-state index in [2.05, 4.69) is 0 Å². The predicted octanol–water partition coefficient (Wildman–Crippen LogP) is 4.38. The molecule has 1 nitrogen and oxygen atoms in total. The minimum atomic E-state index is -4.36. The highest BCUT2D eigenvalue weighted by molar-refractivity contribution is 5.69. The maximum Gasteiger partial charge on any atom is 0.417 e. The third kappa shape index (κ3) is 2.47. The fourth-order valence-electron chi connectivity index (χ4n) is 1.77. The van der Waals surface area contributed by atoms with Crippen LogP contribution in [0.15, 0.2) is 48.5 Å². The van der Waals surface area contributed by atoms with Crippen LogP contribution in [0, 0.1) is 0 Å². The monoisotopic (exact) mass is 252 g/mol. The maximum atomic E-state index is 12.9. The average Bonchev–Trinajstić information content (AvgIpc) is 2.38. The van der Waals surface area contributed by atoms with Crippen LogP contribution in [-0.2, 0) is 6.18 Å². The third-order valence-electron chi connectivity index (χ3n) is 2.61. The molecular formula is C14H11F3O. The fraction of sp³-hybridized carbons (Fsp3) is 0.143. The number of methoxy groups -OCH3 is 1. The molecule has 94 valence electrons. The second-order valence-electron chi connectivity index (χ2n) is 3.78. The lowest BCUT2D eigenvalue weighted by molar-refractivity contribution is -0.137. The number of alkyl halides is 3. The van der Waals surface area contributed by atoms with Crippen LogP contribution in [0.3, 0.4) is 0 Å². The summed E-state index contributed by atoms with van der Waals surface area (Å²) in [5.41, 5.74) is 0.00410. The molecule has 0 aliphatic carbocycles. The van der Waals surface area contributed by atoms with Crippen LogP contribution in [0.1, 0.15) is 5.56 Å². The van der Waals surface area contributed by atoms with Gasteiger partial charge >= 0.3 is 6.18 Å². The first kappa shape index (κ1) is 12.5. The SMILES string of the molecule is COc1cccc(-c2ccccc2C(F)(F)F)c1. The van der Waals surface area contributed by atoms with E-state index in [1.54, 1.807) is 30.3 Å². The number of halogens is 3. The zero-order chi connectivity index (χ0) is 13.2. The molecule has 0 heterocycles. The van der Waals surface area contributed by atoms with Crippen molar-refractivity contribution in [3.63, 3.8) is 0 Å². The van der Waals surface area contributed by atoms with Crippen LogP contribution in [-0.4, -0.2) is 7.11 Å². The highest BCUT2D eigenvalue weighted by atomic mass is 19.4. The summed E-state index contributed by atoms with van der Waals surface area (Å²) in [6.07, 6.45) is -4.36. The van der Waals surface area contributed by atoms with E-state index < -0.39 is 11.7 Å². The van der Waals surface area contributed by atoms with Crippen molar-refractivity contribution in [2.75, 3.05) is 7.11 Å². The molecule has 0 aliphatic heterocycles. The molecule has 0 saturated heterocycles. The highest BCUT2D eigenvalue weighted by Gasteiger charge is 2.33. The van der Waals surface area contributed by atoms with E-state index >= 15 is 0 Å². The molecule has 2 aromatic rings. The molecule has 0 radical (unpaired) electrons. The van der Waals surface area contributed by atoms with E-state index in [1.165, 1.54) is 19.2 Å². The Morgan fingerprint density at radius 1 is 0.944 bits per heavy atom. The van der Waals surface area contributed by atoms with Crippen molar-refractivity contribution in [1.29, 1.82) is 0 Å². The van der Waals surface area contributed by atoms with Gasteiger partial charge in [0.2, 0.25) is 0 Å². The topological polar surface area (TPSA) is 9.23 Å². The van der Waals surface area contributed by atoms with Gasteiger partial charge in [-0.25, -0.2) is 0 Å². The molecule has 0 atom stereocenters. The molecule has 0 saturated carbocycles. The summed E-state index contributed by atoms with van der Waals surface area (Å²) in [6.45, 7) is 0. The molecule has 2 aromatic carbocycles. The number of hydrogen-bond donors (Lipinski definition) is 0. The molecule has 18 heavy (non-hydrogen) atoms. The van der Waals surface area contributed by atoms with Gasteiger partial charge in [-0.15, -0.1) is 0 Å². The van der Waals surface area contributed by atoms with Crippen molar-refractivity contribution in [2.24, 2.45) is 0 Å². The van der Waals surface area contributed by atoms with Crippen molar-refractivity contribution in [3.05, 3.63) is 54.1 Å². The van der Waals surface area contributed by atoms with Crippen LogP contribution in [0.5, 0.6) is 5.75 Å². The summed E-state index contributed by atoms with van der Waals surface area (Å²) in [5, 5.41) is 0. The van der Waals surface area contributed by atoms with E-state index in [9.17, 15) is 13.2 Å². The normalized spacial score (nSPS) is 11.3. The Morgan fingerprint density at radius 2 is 1.67 bits per heavy atom. The van der Waals surface area contributed by atoms with Crippen molar-refractivity contribution in [2.45, 2.75) is 6.18 Å². The first-order valence-corrected chi connectivity index (χ1v) is 5.33. The summed E-state index contributed by atoms with van der Waals surface area (Å²) >= 11 is 0. The van der Waals surface area contributed by atoms with E-state index in [-0.39, 0.29) is 5.56 Å². The van der Waals surface area contributed by atoms with Crippen molar-refractivity contribution in [3.8, 4) is 16.9 Å². The quantitative estimate of drug-likeness (QED) is 0.770. The summed E-state index contributed by atoms with van der Waals surface area (Å²) < 4.78 is 43.7. The minimum Gasteiger partial charge on any atom is -0.497 e. The average molecular weight is 252 g/mol. The summed E-state index contributed by atoms with van der Waals surface area (Å²) in [5.74, 6) is 0.532. The number of benzene rings is 2. The van der Waals surface area contributed by atoms with Crippen molar-refractivity contribution >= 4 is 0 Å². The lowest BCUT2D eigenvalue weighted by Gasteiger charge is -2.13. The molecular weight excluding hydrogens is 241 g/mol. The second-order valence-corrected chi connectivity index (χ2v) is 3.78. The Kier molecular flexibility index (Phi) is 3.28. The maximum absolute atomic E-state index is 12.9. The fourth-order valence-corrected chi connectivity index (χ4v) is 1.77. The largest absolute Gasteiger partial charge is 0.497 e. The summed E-state index contributed by atoms with van der Waals surface area (Å²) in [4.78, 5) is 0. The van der Waals surface area contributed by atoms with Crippen LogP contribution in [0.2, 0.25) is 0 Å². The van der Waals surface area contributed by atoms with Gasteiger partial charge < -0.3 is 4.74 Å². The number of ether oxygens (including phenoxy) is 1. The zero-order valence-corrected chi connectivity index (χ0v) is 9.66. The van der Waals surface area contributed by atoms with Gasteiger partial charge in [0.05, 0.1) is 12.7 Å². The zero-order valence-electron chi connectivity index (χ0n) is 9.66. The summed E-state index contributed by atoms with van der Waals surface area (Å²) in [6, 6.07) is 12.1. The molecule has 0 aliphatic rings. The highest BCUT2D eigenvalue weighted by Crippen LogP contribution is 2.37. The van der Waals surface area contributed by atoms with Gasteiger partial charge in [-0.1, -0.05) is 30.3 Å². The van der Waals surface area contributed by atoms with Gasteiger partial charge in [-0.2, -0.15) is 13.2 Å². The smallest absolute Gasteiger partial charge is 0.417 e. The van der Waals surface area contributed by atoms with Gasteiger partial charge in [0.15, 0.2) is 0 Å². The Labute approximate surface area is 103 Å². The molecule has 4 heteroatoms. The third-order valence-corrected chi connectivity index (χ3v) is 2.61. The Morgan fingerprint density at radius 3 is 2.33 bits per heavy atom. The lowest BCUT2D eigenvalue weighted by atomic mass is 9.99. The first-order chi connectivity index (χ1) is 8.52. The Hall–Kier alpha value is -1.97. The molecule has 0 fully saturated rings. The standard InChI is InChI=1S/C14H11F3O/c1-18-11-6-4-5-10(9-11)12-7-2-3-8-13(12)14(15,16)17/h2-9H,1H3. The van der Waals surface area contributed by atoms with Gasteiger partial charge in [-0.3, -0.25) is 0 Å². The van der Waals surface area contributed by atoms with Crippen LogP contribution in [0.4, 0.5) is 13.2 Å². The molecule has 0 aromatic heterocycles. The summed E-state index contributed by atoms with van der Waals surface area (Å²) in [7, 11) is 1.48. The van der Waals surface area contributed by atoms with Crippen LogP contribution >= 0.6 is 0 Å². The van der Waals surface area contributed by atoms with Crippen LogP contribution in [0.25, 0.3) is 11.1 Å². The molecule has 0 bridgehead atoms. The van der Waals surface area contributed by atoms with Gasteiger partial charge in [0.25, 0.3) is 0 Å². The van der Waals surface area contributed by atoms with Gasteiger partial charge in [-0.05, 0) is 29.3 Å². The molecule has 2 rings (SSSR count). The van der Waals surface area contributed by atoms with E-state index in [0.29, 0.717) is 11.3 Å². The molecule has 0 amide bonds. The molecule has 0 N–H and O–H groups in total. The number of rotatable bonds is 2. The van der Waals surface area contributed by atoms with Crippen molar-refractivity contribution in [1.82, 2.24) is 0 Å². The lowest BCUT2D eigenvalue weighted by Crippen LogP contribution is -2.06. The minimum absolute atomic E-state index is 0.156. The molecule has 0 unspecified atom stereocenters. The second kappa shape index (κ2) is 4.72. The van der Waals surface area contributed by atoms with Crippen molar-refractivity contribution < 1.29 is 17.9 Å². The van der Waals surface area contributed by atoms with E-state index in [4.69, 9.17) is 4.74 Å². The van der Waals surface area contributed by atoms with Gasteiger partial charge in [0.1, 0.15) is 5.75 Å².